The van der Waals surface area contributed by atoms with Gasteiger partial charge < -0.3 is 4.90 Å². The van der Waals surface area contributed by atoms with Gasteiger partial charge in [0.25, 0.3) is 0 Å². The van der Waals surface area contributed by atoms with Crippen molar-refractivity contribution < 1.29 is 0 Å². The molecule has 1 aliphatic rings. The van der Waals surface area contributed by atoms with Crippen molar-refractivity contribution in [3.63, 3.8) is 0 Å². The van der Waals surface area contributed by atoms with Crippen LogP contribution in [0.5, 0.6) is 0 Å². The highest BCUT2D eigenvalue weighted by Gasteiger charge is 2.16. The zero-order valence-electron chi connectivity index (χ0n) is 10.3. The van der Waals surface area contributed by atoms with Crippen molar-refractivity contribution >= 4 is 0 Å². The molecule has 0 radical (unpaired) electrons. The molecule has 0 spiro atoms. The Morgan fingerprint density at radius 3 is 1.64 bits per heavy atom. The van der Waals surface area contributed by atoms with Crippen molar-refractivity contribution in [2.24, 2.45) is 5.41 Å². The summed E-state index contributed by atoms with van der Waals surface area (Å²) in [6.07, 6.45) is 8.64. The first kappa shape index (κ1) is 12.0. The Hall–Kier alpha value is -0.0400. The Morgan fingerprint density at radius 1 is 0.786 bits per heavy atom. The van der Waals surface area contributed by atoms with Crippen LogP contribution in [0.25, 0.3) is 0 Å². The molecule has 0 atom stereocenters. The highest BCUT2D eigenvalue weighted by atomic mass is 15.1. The Balaban J connectivity index is 2.32. The number of hydrogen-bond donors (Lipinski definition) is 0. The molecule has 1 aliphatic heterocycles. The smallest absolute Gasteiger partial charge is 0.00300 e. The molecule has 1 saturated heterocycles. The van der Waals surface area contributed by atoms with Crippen LogP contribution in [0, 0.1) is 5.41 Å². The van der Waals surface area contributed by atoms with Crippen molar-refractivity contribution in [3.05, 3.63) is 0 Å². The quantitative estimate of drug-likeness (QED) is 0.619. The number of rotatable bonds is 1. The Labute approximate surface area is 89.9 Å². The minimum atomic E-state index is 0.466. The second-order valence-electron chi connectivity index (χ2n) is 5.96. The SMILES string of the molecule is CC(C)(C)CN1CCCCCCCC1. The second-order valence-corrected chi connectivity index (χ2v) is 5.96. The fraction of sp³-hybridized carbons (Fsp3) is 1.00. The molecule has 0 aromatic carbocycles. The van der Waals surface area contributed by atoms with Gasteiger partial charge in [0, 0.05) is 6.54 Å². The van der Waals surface area contributed by atoms with Crippen LogP contribution in [-0.2, 0) is 0 Å². The van der Waals surface area contributed by atoms with Gasteiger partial charge in [-0.3, -0.25) is 0 Å². The molecule has 1 nitrogen and oxygen atoms in total. The van der Waals surface area contributed by atoms with Gasteiger partial charge in [0.15, 0.2) is 0 Å². The van der Waals surface area contributed by atoms with Crippen LogP contribution in [0.4, 0.5) is 0 Å². The van der Waals surface area contributed by atoms with E-state index in [1.165, 1.54) is 58.2 Å². The van der Waals surface area contributed by atoms with Gasteiger partial charge in [-0.05, 0) is 31.3 Å². The van der Waals surface area contributed by atoms with Crippen LogP contribution >= 0.6 is 0 Å². The van der Waals surface area contributed by atoms with E-state index in [2.05, 4.69) is 25.7 Å². The largest absolute Gasteiger partial charge is 0.303 e. The van der Waals surface area contributed by atoms with Gasteiger partial charge in [-0.1, -0.05) is 46.5 Å². The molecule has 0 aromatic rings. The lowest BCUT2D eigenvalue weighted by Gasteiger charge is -2.29. The third-order valence-electron chi connectivity index (χ3n) is 2.90. The van der Waals surface area contributed by atoms with Crippen LogP contribution in [-0.4, -0.2) is 24.5 Å². The van der Waals surface area contributed by atoms with Crippen molar-refractivity contribution in [2.45, 2.75) is 59.3 Å². The summed E-state index contributed by atoms with van der Waals surface area (Å²) in [5.41, 5.74) is 0.466. The minimum Gasteiger partial charge on any atom is -0.303 e. The normalized spacial score (nSPS) is 22.5. The van der Waals surface area contributed by atoms with Gasteiger partial charge >= 0.3 is 0 Å². The van der Waals surface area contributed by atoms with E-state index in [0.29, 0.717) is 5.41 Å². The van der Waals surface area contributed by atoms with Crippen molar-refractivity contribution in [2.75, 3.05) is 19.6 Å². The molecule has 0 aromatic heterocycles. The molecular formula is C13H27N. The van der Waals surface area contributed by atoms with E-state index in [-0.39, 0.29) is 0 Å². The summed E-state index contributed by atoms with van der Waals surface area (Å²) in [7, 11) is 0. The topological polar surface area (TPSA) is 3.24 Å². The van der Waals surface area contributed by atoms with Crippen molar-refractivity contribution in [3.8, 4) is 0 Å². The zero-order chi connectivity index (χ0) is 10.4. The fourth-order valence-electron chi connectivity index (χ4n) is 2.32. The molecule has 0 N–H and O–H groups in total. The Kier molecular flexibility index (Phi) is 4.94. The summed E-state index contributed by atoms with van der Waals surface area (Å²) >= 11 is 0. The van der Waals surface area contributed by atoms with Gasteiger partial charge in [0.05, 0.1) is 0 Å². The average molecular weight is 197 g/mol. The summed E-state index contributed by atoms with van der Waals surface area (Å²) in [6.45, 7) is 11.0. The van der Waals surface area contributed by atoms with E-state index in [9.17, 15) is 0 Å². The van der Waals surface area contributed by atoms with Crippen LogP contribution < -0.4 is 0 Å². The minimum absolute atomic E-state index is 0.466. The maximum Gasteiger partial charge on any atom is 0.00300 e. The number of hydrogen-bond acceptors (Lipinski definition) is 1. The second kappa shape index (κ2) is 5.75. The molecule has 1 fully saturated rings. The first-order valence-corrected chi connectivity index (χ1v) is 6.30. The van der Waals surface area contributed by atoms with Gasteiger partial charge in [-0.25, -0.2) is 0 Å². The van der Waals surface area contributed by atoms with E-state index in [0.717, 1.165) is 0 Å². The first-order chi connectivity index (χ1) is 6.58. The average Bonchev–Trinajstić information content (AvgIpc) is 2.15. The lowest BCUT2D eigenvalue weighted by Crippen LogP contribution is -2.34. The van der Waals surface area contributed by atoms with Crippen LogP contribution in [0.2, 0.25) is 0 Å². The standard InChI is InChI=1S/C13H27N/c1-13(2,3)12-14-10-8-6-4-5-7-9-11-14/h4-12H2,1-3H3. The first-order valence-electron chi connectivity index (χ1n) is 6.30. The molecule has 1 heterocycles. The highest BCUT2D eigenvalue weighted by molar-refractivity contribution is 4.70. The summed E-state index contributed by atoms with van der Waals surface area (Å²) in [5, 5.41) is 0. The predicted molar refractivity (Wildman–Crippen MR) is 63.6 cm³/mol. The fourth-order valence-corrected chi connectivity index (χ4v) is 2.32. The molecule has 0 aliphatic carbocycles. The monoisotopic (exact) mass is 197 g/mol. The zero-order valence-corrected chi connectivity index (χ0v) is 10.3. The van der Waals surface area contributed by atoms with E-state index in [1.807, 2.05) is 0 Å². The van der Waals surface area contributed by atoms with E-state index < -0.39 is 0 Å². The summed E-state index contributed by atoms with van der Waals surface area (Å²) in [6, 6.07) is 0. The van der Waals surface area contributed by atoms with Gasteiger partial charge in [0.1, 0.15) is 0 Å². The third-order valence-corrected chi connectivity index (χ3v) is 2.90. The summed E-state index contributed by atoms with van der Waals surface area (Å²) in [4.78, 5) is 2.67. The summed E-state index contributed by atoms with van der Waals surface area (Å²) in [5.74, 6) is 0. The molecule has 84 valence electrons. The maximum atomic E-state index is 2.67. The molecule has 0 bridgehead atoms. The van der Waals surface area contributed by atoms with E-state index in [4.69, 9.17) is 0 Å². The highest BCUT2D eigenvalue weighted by Crippen LogP contribution is 2.18. The molecule has 1 rings (SSSR count). The molecule has 0 unspecified atom stereocenters. The van der Waals surface area contributed by atoms with Crippen LogP contribution in [0.15, 0.2) is 0 Å². The lowest BCUT2D eigenvalue weighted by molar-refractivity contribution is 0.188. The van der Waals surface area contributed by atoms with Crippen LogP contribution in [0.1, 0.15) is 59.3 Å². The van der Waals surface area contributed by atoms with Gasteiger partial charge in [-0.15, -0.1) is 0 Å². The maximum absolute atomic E-state index is 2.67. The Bertz CT molecular complexity index is 136. The van der Waals surface area contributed by atoms with Crippen molar-refractivity contribution in [1.82, 2.24) is 4.90 Å². The Morgan fingerprint density at radius 2 is 1.21 bits per heavy atom. The molecule has 0 saturated carbocycles. The van der Waals surface area contributed by atoms with Gasteiger partial charge in [-0.2, -0.15) is 0 Å². The predicted octanol–water partition coefficient (Wildman–Crippen LogP) is 3.69. The number of nitrogens with zero attached hydrogens (tertiary/aromatic N) is 1. The lowest BCUT2D eigenvalue weighted by atomic mass is 9.96. The summed E-state index contributed by atoms with van der Waals surface area (Å²) < 4.78 is 0. The van der Waals surface area contributed by atoms with Gasteiger partial charge in [0.2, 0.25) is 0 Å². The van der Waals surface area contributed by atoms with Crippen LogP contribution in [0.3, 0.4) is 0 Å². The molecule has 0 amide bonds. The molecule has 14 heavy (non-hydrogen) atoms. The van der Waals surface area contributed by atoms with E-state index in [1.54, 1.807) is 0 Å². The van der Waals surface area contributed by atoms with E-state index >= 15 is 0 Å². The van der Waals surface area contributed by atoms with Crippen molar-refractivity contribution in [1.29, 1.82) is 0 Å². The molecule has 1 heteroatoms. The molecular weight excluding hydrogens is 170 g/mol. The third kappa shape index (κ3) is 5.64.